The van der Waals surface area contributed by atoms with Gasteiger partial charge in [-0.05, 0) is 109 Å². The summed E-state index contributed by atoms with van der Waals surface area (Å²) in [4.78, 5) is 38.3. The van der Waals surface area contributed by atoms with E-state index in [4.69, 9.17) is 14.2 Å². The smallest absolute Gasteiger partial charge is 0.306 e. The van der Waals surface area contributed by atoms with Gasteiger partial charge in [-0.1, -0.05) is 268 Å². The number of hydrogen-bond donors (Lipinski definition) is 0. The van der Waals surface area contributed by atoms with Crippen LogP contribution in [-0.2, 0) is 28.6 Å². The fourth-order valence-electron chi connectivity index (χ4n) is 9.32. The third-order valence-electron chi connectivity index (χ3n) is 14.2. The van der Waals surface area contributed by atoms with Gasteiger partial charge in [-0.3, -0.25) is 14.4 Å². The lowest BCUT2D eigenvalue weighted by Gasteiger charge is -2.18. The Morgan fingerprint density at radius 1 is 0.270 bits per heavy atom. The van der Waals surface area contributed by atoms with Crippen LogP contribution in [0.15, 0.2) is 60.8 Å². The highest BCUT2D eigenvalue weighted by Crippen LogP contribution is 2.16. The second-order valence-corrected chi connectivity index (χ2v) is 21.7. The van der Waals surface area contributed by atoms with Gasteiger partial charge in [-0.25, -0.2) is 0 Å². The summed E-state index contributed by atoms with van der Waals surface area (Å²) < 4.78 is 16.9. The molecular weight excluding hydrogens is 913 g/mol. The van der Waals surface area contributed by atoms with Gasteiger partial charge in [0.2, 0.25) is 0 Å². The Morgan fingerprint density at radius 2 is 0.486 bits per heavy atom. The Balaban J connectivity index is 4.35. The third kappa shape index (κ3) is 60.0. The number of ether oxygens (including phenoxy) is 3. The molecule has 0 aromatic rings. The number of esters is 3. The summed E-state index contributed by atoms with van der Waals surface area (Å²) in [5, 5.41) is 0. The molecular formula is C68H122O6. The van der Waals surface area contributed by atoms with Crippen molar-refractivity contribution in [2.75, 3.05) is 13.2 Å². The van der Waals surface area contributed by atoms with Crippen LogP contribution >= 0.6 is 0 Å². The first kappa shape index (κ1) is 71.1. The highest BCUT2D eigenvalue weighted by atomic mass is 16.6. The molecule has 430 valence electrons. The van der Waals surface area contributed by atoms with Gasteiger partial charge in [0.1, 0.15) is 13.2 Å². The van der Waals surface area contributed by atoms with Gasteiger partial charge in [0, 0.05) is 19.3 Å². The zero-order chi connectivity index (χ0) is 53.6. The summed E-state index contributed by atoms with van der Waals surface area (Å²) in [5.41, 5.74) is 0. The van der Waals surface area contributed by atoms with E-state index < -0.39 is 6.10 Å². The number of allylic oxidation sites excluding steroid dienone is 10. The summed E-state index contributed by atoms with van der Waals surface area (Å²) in [7, 11) is 0. The first-order valence-corrected chi connectivity index (χ1v) is 32.3. The van der Waals surface area contributed by atoms with Crippen LogP contribution in [0.1, 0.15) is 335 Å². The number of carbonyl (C=O) groups excluding carboxylic acids is 3. The maximum atomic E-state index is 12.9. The predicted molar refractivity (Wildman–Crippen MR) is 321 cm³/mol. The average Bonchev–Trinajstić information content (AvgIpc) is 3.40. The molecule has 74 heavy (non-hydrogen) atoms. The van der Waals surface area contributed by atoms with E-state index >= 15 is 0 Å². The number of rotatable bonds is 59. The van der Waals surface area contributed by atoms with Gasteiger partial charge < -0.3 is 14.2 Å². The lowest BCUT2D eigenvalue weighted by Crippen LogP contribution is -2.30. The molecule has 1 unspecified atom stereocenters. The highest BCUT2D eigenvalue weighted by molar-refractivity contribution is 5.71. The fourth-order valence-corrected chi connectivity index (χ4v) is 9.32. The second kappa shape index (κ2) is 62.6. The molecule has 0 aliphatic carbocycles. The van der Waals surface area contributed by atoms with Crippen molar-refractivity contribution in [1.82, 2.24) is 0 Å². The van der Waals surface area contributed by atoms with Crippen molar-refractivity contribution in [2.45, 2.75) is 341 Å². The minimum atomic E-state index is -0.782. The van der Waals surface area contributed by atoms with Gasteiger partial charge in [-0.15, -0.1) is 0 Å². The molecule has 0 aromatic heterocycles. The van der Waals surface area contributed by atoms with Crippen molar-refractivity contribution in [3.63, 3.8) is 0 Å². The zero-order valence-corrected chi connectivity index (χ0v) is 49.4. The van der Waals surface area contributed by atoms with Crippen LogP contribution in [0.3, 0.4) is 0 Å². The number of hydrogen-bond acceptors (Lipinski definition) is 6. The standard InChI is InChI=1S/C68H122O6/c1-4-7-10-13-16-19-22-25-28-30-32-33-34-35-37-38-40-43-46-49-52-55-58-61-67(70)73-64-65(63-72-66(69)60-57-54-51-48-45-42-27-24-21-18-15-12-9-6-3)74-68(71)62-59-56-53-50-47-44-41-39-36-31-29-26-23-20-17-14-11-8-5-2/h22,24-27,29-30,32,34-35,65H,4-21,23,28,31,33,36-64H2,1-3H3/b25-22-,27-24-,29-26-,32-30-,35-34-. The fraction of sp³-hybridized carbons (Fsp3) is 0.809. The van der Waals surface area contributed by atoms with Crippen LogP contribution in [0.4, 0.5) is 0 Å². The van der Waals surface area contributed by atoms with E-state index in [0.717, 1.165) is 83.5 Å². The van der Waals surface area contributed by atoms with Crippen molar-refractivity contribution in [3.8, 4) is 0 Å². The monoisotopic (exact) mass is 1030 g/mol. The van der Waals surface area contributed by atoms with E-state index in [0.29, 0.717) is 19.3 Å². The van der Waals surface area contributed by atoms with E-state index in [1.54, 1.807) is 0 Å². The summed E-state index contributed by atoms with van der Waals surface area (Å²) in [6.45, 7) is 6.64. The molecule has 0 radical (unpaired) electrons. The maximum Gasteiger partial charge on any atom is 0.306 e. The molecule has 0 rings (SSSR count). The summed E-state index contributed by atoms with van der Waals surface area (Å²) >= 11 is 0. The number of carbonyl (C=O) groups is 3. The normalized spacial score (nSPS) is 12.4. The van der Waals surface area contributed by atoms with E-state index in [1.807, 2.05) is 0 Å². The van der Waals surface area contributed by atoms with E-state index in [9.17, 15) is 14.4 Å². The molecule has 1 atom stereocenters. The molecule has 0 N–H and O–H groups in total. The Morgan fingerprint density at radius 3 is 0.770 bits per heavy atom. The predicted octanol–water partition coefficient (Wildman–Crippen LogP) is 21.9. The van der Waals surface area contributed by atoms with Crippen LogP contribution < -0.4 is 0 Å². The van der Waals surface area contributed by atoms with E-state index in [-0.39, 0.29) is 31.1 Å². The summed E-state index contributed by atoms with van der Waals surface area (Å²) in [6.07, 6.45) is 79.3. The molecule has 0 aromatic carbocycles. The molecule has 0 aliphatic rings. The van der Waals surface area contributed by atoms with E-state index in [1.165, 1.54) is 212 Å². The lowest BCUT2D eigenvalue weighted by molar-refractivity contribution is -0.167. The highest BCUT2D eigenvalue weighted by Gasteiger charge is 2.19. The molecule has 0 aliphatic heterocycles. The van der Waals surface area contributed by atoms with Crippen molar-refractivity contribution < 1.29 is 28.6 Å². The molecule has 0 saturated heterocycles. The molecule has 0 spiro atoms. The quantitative estimate of drug-likeness (QED) is 0.0261. The molecule has 0 heterocycles. The molecule has 0 saturated carbocycles. The first-order chi connectivity index (χ1) is 36.5. The zero-order valence-electron chi connectivity index (χ0n) is 49.4. The Bertz CT molecular complexity index is 1330. The Hall–Kier alpha value is -2.89. The van der Waals surface area contributed by atoms with Gasteiger partial charge in [0.15, 0.2) is 6.10 Å². The van der Waals surface area contributed by atoms with Crippen molar-refractivity contribution in [3.05, 3.63) is 60.8 Å². The van der Waals surface area contributed by atoms with Crippen molar-refractivity contribution in [1.29, 1.82) is 0 Å². The Labute approximate surface area is 460 Å². The number of unbranched alkanes of at least 4 members (excludes halogenated alkanes) is 38. The van der Waals surface area contributed by atoms with Crippen molar-refractivity contribution >= 4 is 17.9 Å². The third-order valence-corrected chi connectivity index (χ3v) is 14.2. The van der Waals surface area contributed by atoms with Crippen LogP contribution in [0.25, 0.3) is 0 Å². The SMILES string of the molecule is CCCCCCC/C=C\C/C=C\C/C=C\CCCCCCCCCCC(=O)OCC(COC(=O)CCCCCCC/C=C\CCCCCCC)OC(=O)CCCCCCCCCCC/C=C\CCCCCCCC. The van der Waals surface area contributed by atoms with Crippen LogP contribution in [-0.4, -0.2) is 37.2 Å². The van der Waals surface area contributed by atoms with Gasteiger partial charge in [0.05, 0.1) is 0 Å². The topological polar surface area (TPSA) is 78.9 Å². The molecule has 6 heteroatoms. The maximum absolute atomic E-state index is 12.9. The minimum Gasteiger partial charge on any atom is -0.462 e. The molecule has 0 bridgehead atoms. The first-order valence-electron chi connectivity index (χ1n) is 32.3. The minimum absolute atomic E-state index is 0.0799. The largest absolute Gasteiger partial charge is 0.462 e. The van der Waals surface area contributed by atoms with Gasteiger partial charge in [0.25, 0.3) is 0 Å². The Kier molecular flexibility index (Phi) is 60.2. The van der Waals surface area contributed by atoms with Gasteiger partial charge in [-0.2, -0.15) is 0 Å². The van der Waals surface area contributed by atoms with Crippen LogP contribution in [0.2, 0.25) is 0 Å². The second-order valence-electron chi connectivity index (χ2n) is 21.7. The summed E-state index contributed by atoms with van der Waals surface area (Å²) in [6, 6.07) is 0. The molecule has 0 amide bonds. The molecule has 0 fully saturated rings. The lowest BCUT2D eigenvalue weighted by atomic mass is 10.1. The van der Waals surface area contributed by atoms with Crippen LogP contribution in [0, 0.1) is 0 Å². The van der Waals surface area contributed by atoms with Gasteiger partial charge >= 0.3 is 17.9 Å². The van der Waals surface area contributed by atoms with Crippen LogP contribution in [0.5, 0.6) is 0 Å². The molecule has 6 nitrogen and oxygen atoms in total. The van der Waals surface area contributed by atoms with E-state index in [2.05, 4.69) is 81.5 Å². The summed E-state index contributed by atoms with van der Waals surface area (Å²) in [5.74, 6) is -0.880. The van der Waals surface area contributed by atoms with Crippen molar-refractivity contribution in [2.24, 2.45) is 0 Å². The average molecular weight is 1040 g/mol.